The zero-order valence-electron chi connectivity index (χ0n) is 6.93. The number of hydrogen-bond donors (Lipinski definition) is 1. The first kappa shape index (κ1) is 12.8. The fourth-order valence-electron chi connectivity index (χ4n) is 0.157. The maximum atomic E-state index is 5.27. The third kappa shape index (κ3) is 15.7. The van der Waals surface area contributed by atoms with Crippen LogP contribution in [-0.4, -0.2) is 44.6 Å². The van der Waals surface area contributed by atoms with Crippen molar-refractivity contribution in [2.24, 2.45) is 0 Å². The minimum Gasteiger partial charge on any atom is -0.372 e. The monoisotopic (exact) mass is 168 g/mol. The van der Waals surface area contributed by atoms with Crippen molar-refractivity contribution in [2.45, 2.75) is 6.10 Å². The van der Waals surface area contributed by atoms with E-state index in [1.54, 1.807) is 0 Å². The van der Waals surface area contributed by atoms with Crippen LogP contribution >= 0.6 is 11.6 Å². The van der Waals surface area contributed by atoms with Gasteiger partial charge in [-0.2, -0.15) is 0 Å². The molecule has 0 saturated carbocycles. The minimum atomic E-state index is 0. The molecule has 1 unspecified atom stereocenters. The Labute approximate surface area is 67.9 Å². The number of ether oxygens (including phenoxy) is 1. The lowest BCUT2D eigenvalue weighted by molar-refractivity contribution is 0.425. The summed E-state index contributed by atoms with van der Waals surface area (Å²) >= 11 is 5.27. The highest BCUT2D eigenvalue weighted by Gasteiger charge is 2.19. The number of hydrogen-bond acceptors (Lipinski definition) is 3. The highest BCUT2D eigenvalue weighted by molar-refractivity contribution is 6.18. The van der Waals surface area contributed by atoms with Gasteiger partial charge in [0.05, 0.1) is 18.6 Å². The molecule has 64 valence electrons. The number of rotatable bonds is 1. The summed E-state index contributed by atoms with van der Waals surface area (Å²) in [7, 11) is 6.00. The Hall–Kier alpha value is 0.170. The van der Waals surface area contributed by atoms with Crippen LogP contribution in [-0.2, 0) is 4.74 Å². The molecule has 0 amide bonds. The fraction of sp³-hybridized carbons (Fsp3) is 1.00. The number of nitrogens with zero attached hydrogens (tertiary/aromatic N) is 1. The van der Waals surface area contributed by atoms with Crippen molar-refractivity contribution in [3.63, 3.8) is 0 Å². The quantitative estimate of drug-likeness (QED) is 0.469. The van der Waals surface area contributed by atoms with Crippen molar-refractivity contribution in [3.05, 3.63) is 0 Å². The molecule has 3 N–H and O–H groups in total. The standard InChI is InChI=1S/C3H5ClO.C3H9N.H3N/c4-1-3-2-5-3;1-4(2)3;/h3H,1-2H2;1-3H3;1H3. The largest absolute Gasteiger partial charge is 0.372 e. The summed E-state index contributed by atoms with van der Waals surface area (Å²) in [6, 6.07) is 0. The fourth-order valence-corrected chi connectivity index (χ4v) is 0.335. The van der Waals surface area contributed by atoms with Gasteiger partial charge in [0, 0.05) is 0 Å². The van der Waals surface area contributed by atoms with Gasteiger partial charge in [-0.05, 0) is 21.1 Å². The van der Waals surface area contributed by atoms with E-state index >= 15 is 0 Å². The second-order valence-corrected chi connectivity index (χ2v) is 2.76. The van der Waals surface area contributed by atoms with Crippen LogP contribution in [0.3, 0.4) is 0 Å². The molecule has 0 radical (unpaired) electrons. The van der Waals surface area contributed by atoms with Crippen LogP contribution in [0.1, 0.15) is 0 Å². The average molecular weight is 169 g/mol. The Kier molecular flexibility index (Phi) is 9.33. The third-order valence-electron chi connectivity index (χ3n) is 0.574. The molecule has 0 bridgehead atoms. The lowest BCUT2D eigenvalue weighted by atomic mass is 10.6. The summed E-state index contributed by atoms with van der Waals surface area (Å²) in [6.07, 6.45) is 0.400. The van der Waals surface area contributed by atoms with Crippen LogP contribution in [0.5, 0.6) is 0 Å². The summed E-state index contributed by atoms with van der Waals surface area (Å²) in [5.41, 5.74) is 0. The second kappa shape index (κ2) is 7.28. The van der Waals surface area contributed by atoms with E-state index in [4.69, 9.17) is 16.3 Å². The molecule has 1 aliphatic rings. The lowest BCUT2D eigenvalue weighted by Gasteiger charge is -1.90. The van der Waals surface area contributed by atoms with Crippen molar-refractivity contribution in [3.8, 4) is 0 Å². The van der Waals surface area contributed by atoms with Crippen LogP contribution < -0.4 is 6.15 Å². The van der Waals surface area contributed by atoms with Gasteiger partial charge in [-0.3, -0.25) is 0 Å². The summed E-state index contributed by atoms with van der Waals surface area (Å²) in [4.78, 5) is 2.00. The summed E-state index contributed by atoms with van der Waals surface area (Å²) in [5, 5.41) is 0. The highest BCUT2D eigenvalue weighted by atomic mass is 35.5. The molecule has 4 heteroatoms. The van der Waals surface area contributed by atoms with Gasteiger partial charge in [-0.1, -0.05) is 0 Å². The molecule has 1 fully saturated rings. The Balaban J connectivity index is 0. The topological polar surface area (TPSA) is 50.8 Å². The van der Waals surface area contributed by atoms with E-state index in [1.807, 2.05) is 26.0 Å². The molecule has 10 heavy (non-hydrogen) atoms. The predicted octanol–water partition coefficient (Wildman–Crippen LogP) is 0.964. The lowest BCUT2D eigenvalue weighted by Crippen LogP contribution is -1.99. The molecule has 0 aromatic heterocycles. The average Bonchev–Trinajstić information content (AvgIpc) is 2.43. The number of halogens is 1. The maximum Gasteiger partial charge on any atom is 0.0944 e. The van der Waals surface area contributed by atoms with E-state index in [-0.39, 0.29) is 6.15 Å². The summed E-state index contributed by atoms with van der Waals surface area (Å²) in [5.74, 6) is 0.667. The molecule has 1 saturated heterocycles. The van der Waals surface area contributed by atoms with Crippen LogP contribution in [0, 0.1) is 0 Å². The smallest absolute Gasteiger partial charge is 0.0944 e. The Morgan fingerprint density at radius 3 is 1.80 bits per heavy atom. The zero-order valence-corrected chi connectivity index (χ0v) is 7.69. The van der Waals surface area contributed by atoms with E-state index in [0.29, 0.717) is 12.0 Å². The van der Waals surface area contributed by atoms with Gasteiger partial charge in [0.1, 0.15) is 0 Å². The first-order chi connectivity index (χ1) is 4.16. The molecule has 3 nitrogen and oxygen atoms in total. The van der Waals surface area contributed by atoms with Gasteiger partial charge in [-0.15, -0.1) is 11.6 Å². The van der Waals surface area contributed by atoms with E-state index in [9.17, 15) is 0 Å². The Morgan fingerprint density at radius 1 is 1.50 bits per heavy atom. The van der Waals surface area contributed by atoms with Crippen molar-refractivity contribution in [1.82, 2.24) is 11.1 Å². The molecule has 0 aromatic carbocycles. The van der Waals surface area contributed by atoms with E-state index in [2.05, 4.69) is 0 Å². The molecule has 0 spiro atoms. The van der Waals surface area contributed by atoms with Gasteiger partial charge < -0.3 is 15.8 Å². The third-order valence-corrected chi connectivity index (χ3v) is 0.919. The predicted molar refractivity (Wildman–Crippen MR) is 45.1 cm³/mol. The number of alkyl halides is 1. The first-order valence-corrected chi connectivity index (χ1v) is 3.48. The Morgan fingerprint density at radius 2 is 1.80 bits per heavy atom. The van der Waals surface area contributed by atoms with Crippen LogP contribution in [0.2, 0.25) is 0 Å². The molecule has 0 aromatic rings. The molecule has 0 aliphatic carbocycles. The molecule has 1 atom stereocenters. The van der Waals surface area contributed by atoms with Crippen molar-refractivity contribution >= 4 is 11.6 Å². The van der Waals surface area contributed by atoms with Crippen LogP contribution in [0.25, 0.3) is 0 Å². The number of epoxide rings is 1. The SMILES string of the molecule is CN(C)C.ClCC1CO1.N. The zero-order chi connectivity index (χ0) is 7.28. The second-order valence-electron chi connectivity index (χ2n) is 2.45. The molecule has 1 rings (SSSR count). The minimum absolute atomic E-state index is 0. The molecule has 1 aliphatic heterocycles. The van der Waals surface area contributed by atoms with Crippen LogP contribution in [0.4, 0.5) is 0 Å². The van der Waals surface area contributed by atoms with Gasteiger partial charge in [0.15, 0.2) is 0 Å². The van der Waals surface area contributed by atoms with Gasteiger partial charge in [0.25, 0.3) is 0 Å². The summed E-state index contributed by atoms with van der Waals surface area (Å²) in [6.45, 7) is 0.878. The van der Waals surface area contributed by atoms with Crippen molar-refractivity contribution in [1.29, 1.82) is 0 Å². The Bertz CT molecular complexity index is 64.0. The van der Waals surface area contributed by atoms with Crippen molar-refractivity contribution in [2.75, 3.05) is 33.6 Å². The van der Waals surface area contributed by atoms with Crippen molar-refractivity contribution < 1.29 is 4.74 Å². The van der Waals surface area contributed by atoms with E-state index in [1.165, 1.54) is 0 Å². The van der Waals surface area contributed by atoms with Gasteiger partial charge in [0.2, 0.25) is 0 Å². The van der Waals surface area contributed by atoms with Gasteiger partial charge >= 0.3 is 0 Å². The normalized spacial score (nSPS) is 20.7. The maximum absolute atomic E-state index is 5.27. The molecular formula is C6H17ClN2O. The molecule has 1 heterocycles. The first-order valence-electron chi connectivity index (χ1n) is 2.95. The van der Waals surface area contributed by atoms with Gasteiger partial charge in [-0.25, -0.2) is 0 Å². The highest BCUT2D eigenvalue weighted by Crippen LogP contribution is 2.08. The van der Waals surface area contributed by atoms with Crippen LogP contribution in [0.15, 0.2) is 0 Å². The molecular weight excluding hydrogens is 152 g/mol. The summed E-state index contributed by atoms with van der Waals surface area (Å²) < 4.78 is 4.73. The van der Waals surface area contributed by atoms with E-state index in [0.717, 1.165) is 6.61 Å². The van der Waals surface area contributed by atoms with E-state index < -0.39 is 0 Å².